The van der Waals surface area contributed by atoms with E-state index in [0.29, 0.717) is 19.6 Å². The summed E-state index contributed by atoms with van der Waals surface area (Å²) in [6, 6.07) is -0.475. The first-order valence-electron chi connectivity index (χ1n) is 7.79. The predicted octanol–water partition coefficient (Wildman–Crippen LogP) is 0.0302. The molecule has 0 radical (unpaired) electrons. The Labute approximate surface area is 128 Å². The number of carbonyl (C=O) groups excluding carboxylic acids is 2. The third-order valence-electron chi connectivity index (χ3n) is 3.82. The van der Waals surface area contributed by atoms with E-state index in [4.69, 9.17) is 5.73 Å². The lowest BCUT2D eigenvalue weighted by atomic mass is 9.86. The zero-order valence-corrected chi connectivity index (χ0v) is 13.8. The Balaban J connectivity index is 2.38. The van der Waals surface area contributed by atoms with Crippen LogP contribution in [0.2, 0.25) is 0 Å². The smallest absolute Gasteiger partial charge is 0.240 e. The molecule has 1 atom stereocenters. The number of hydrogen-bond acceptors (Lipinski definition) is 4. The van der Waals surface area contributed by atoms with E-state index in [1.807, 2.05) is 32.6 Å². The Kier molecular flexibility index (Phi) is 6.61. The minimum Gasteiger partial charge on any atom is -0.355 e. The highest BCUT2D eigenvalue weighted by molar-refractivity contribution is 5.82. The third kappa shape index (κ3) is 5.63. The molecule has 0 aromatic rings. The molecule has 0 spiro atoms. The molecule has 0 aromatic heterocycles. The summed E-state index contributed by atoms with van der Waals surface area (Å²) in [5, 5.41) is 2.87. The summed E-state index contributed by atoms with van der Waals surface area (Å²) >= 11 is 0. The van der Waals surface area contributed by atoms with Gasteiger partial charge in [-0.15, -0.1) is 0 Å². The van der Waals surface area contributed by atoms with Crippen molar-refractivity contribution in [2.24, 2.45) is 11.1 Å². The molecule has 0 bridgehead atoms. The average molecular weight is 298 g/mol. The monoisotopic (exact) mass is 298 g/mol. The molecule has 2 amide bonds. The molecule has 1 fully saturated rings. The molecule has 0 aromatic carbocycles. The molecule has 0 saturated carbocycles. The summed E-state index contributed by atoms with van der Waals surface area (Å²) in [4.78, 5) is 27.9. The Morgan fingerprint density at radius 2 is 1.76 bits per heavy atom. The second kappa shape index (κ2) is 7.75. The van der Waals surface area contributed by atoms with Gasteiger partial charge in [-0.1, -0.05) is 27.7 Å². The van der Waals surface area contributed by atoms with Crippen LogP contribution in [0.25, 0.3) is 0 Å². The Hall–Kier alpha value is -1.14. The first-order valence-corrected chi connectivity index (χ1v) is 7.79. The third-order valence-corrected chi connectivity index (χ3v) is 3.82. The molecule has 1 heterocycles. The van der Waals surface area contributed by atoms with Crippen LogP contribution in [0.15, 0.2) is 0 Å². The lowest BCUT2D eigenvalue weighted by molar-refractivity contribution is -0.136. The number of nitrogens with two attached hydrogens (primary N) is 1. The fourth-order valence-corrected chi connectivity index (χ4v) is 2.22. The summed E-state index contributed by atoms with van der Waals surface area (Å²) in [6.07, 6.45) is 0.943. The second-order valence-corrected chi connectivity index (χ2v) is 6.80. The molecule has 1 aliphatic heterocycles. The Bertz CT molecular complexity index is 357. The van der Waals surface area contributed by atoms with Crippen LogP contribution in [0.1, 0.15) is 34.1 Å². The number of hydrogen-bond donors (Lipinski definition) is 2. The van der Waals surface area contributed by atoms with Crippen molar-refractivity contribution in [1.82, 2.24) is 15.1 Å². The summed E-state index contributed by atoms with van der Waals surface area (Å²) < 4.78 is 0. The molecular weight excluding hydrogens is 268 g/mol. The van der Waals surface area contributed by atoms with Crippen LogP contribution in [0.4, 0.5) is 0 Å². The minimum atomic E-state index is -0.475. The van der Waals surface area contributed by atoms with Gasteiger partial charge < -0.3 is 16.0 Å². The maximum Gasteiger partial charge on any atom is 0.240 e. The Morgan fingerprint density at radius 3 is 2.24 bits per heavy atom. The predicted molar refractivity (Wildman–Crippen MR) is 83.8 cm³/mol. The van der Waals surface area contributed by atoms with Crippen molar-refractivity contribution in [2.75, 3.05) is 39.3 Å². The molecule has 3 N–H and O–H groups in total. The van der Waals surface area contributed by atoms with Gasteiger partial charge in [0.2, 0.25) is 11.8 Å². The van der Waals surface area contributed by atoms with Gasteiger partial charge in [0, 0.05) is 32.7 Å². The molecular formula is C15H30N4O2. The number of amides is 2. The Morgan fingerprint density at radius 1 is 1.19 bits per heavy atom. The second-order valence-electron chi connectivity index (χ2n) is 6.80. The molecule has 1 aliphatic rings. The van der Waals surface area contributed by atoms with Gasteiger partial charge in [0.15, 0.2) is 0 Å². The maximum atomic E-state index is 12.3. The highest BCUT2D eigenvalue weighted by Crippen LogP contribution is 2.19. The van der Waals surface area contributed by atoms with Crippen molar-refractivity contribution >= 4 is 11.8 Å². The van der Waals surface area contributed by atoms with E-state index < -0.39 is 6.04 Å². The molecule has 0 unspecified atom stereocenters. The lowest BCUT2D eigenvalue weighted by Crippen LogP contribution is -2.57. The van der Waals surface area contributed by atoms with Crippen molar-refractivity contribution in [2.45, 2.75) is 40.2 Å². The topological polar surface area (TPSA) is 78.7 Å². The zero-order chi connectivity index (χ0) is 16.0. The number of rotatable bonds is 5. The van der Waals surface area contributed by atoms with Gasteiger partial charge >= 0.3 is 0 Å². The molecule has 6 heteroatoms. The van der Waals surface area contributed by atoms with Gasteiger partial charge in [-0.2, -0.15) is 0 Å². The fourth-order valence-electron chi connectivity index (χ4n) is 2.22. The van der Waals surface area contributed by atoms with E-state index in [1.165, 1.54) is 0 Å². The number of nitrogens with one attached hydrogen (secondary N) is 1. The highest BCUT2D eigenvalue weighted by Gasteiger charge is 2.32. The molecule has 1 saturated heterocycles. The van der Waals surface area contributed by atoms with Crippen LogP contribution in [0, 0.1) is 5.41 Å². The van der Waals surface area contributed by atoms with Gasteiger partial charge in [0.25, 0.3) is 0 Å². The van der Waals surface area contributed by atoms with Crippen molar-refractivity contribution < 1.29 is 9.59 Å². The molecule has 1 rings (SSSR count). The summed E-state index contributed by atoms with van der Waals surface area (Å²) in [5.41, 5.74) is 5.80. The SMILES string of the molecule is CCCNC(=O)CN1CCN(C(=O)[C@H](N)C(C)(C)C)CC1. The molecule has 21 heavy (non-hydrogen) atoms. The van der Waals surface area contributed by atoms with Crippen molar-refractivity contribution in [3.05, 3.63) is 0 Å². The van der Waals surface area contributed by atoms with Crippen LogP contribution < -0.4 is 11.1 Å². The average Bonchev–Trinajstić information content (AvgIpc) is 2.43. The summed E-state index contributed by atoms with van der Waals surface area (Å²) in [6.45, 7) is 11.8. The van der Waals surface area contributed by atoms with E-state index in [2.05, 4.69) is 10.2 Å². The zero-order valence-electron chi connectivity index (χ0n) is 13.8. The van der Waals surface area contributed by atoms with Gasteiger partial charge in [0.1, 0.15) is 0 Å². The van der Waals surface area contributed by atoms with E-state index in [1.54, 1.807) is 0 Å². The quantitative estimate of drug-likeness (QED) is 0.750. The number of nitrogens with zero attached hydrogens (tertiary/aromatic N) is 2. The van der Waals surface area contributed by atoms with Crippen molar-refractivity contribution in [1.29, 1.82) is 0 Å². The normalized spacial score (nSPS) is 18.4. The van der Waals surface area contributed by atoms with Crippen LogP contribution >= 0.6 is 0 Å². The van der Waals surface area contributed by atoms with Crippen molar-refractivity contribution in [3.63, 3.8) is 0 Å². The van der Waals surface area contributed by atoms with E-state index in [-0.39, 0.29) is 17.2 Å². The largest absolute Gasteiger partial charge is 0.355 e. The van der Waals surface area contributed by atoms with Crippen LogP contribution in [0.5, 0.6) is 0 Å². The van der Waals surface area contributed by atoms with E-state index in [9.17, 15) is 9.59 Å². The molecule has 122 valence electrons. The number of piperazine rings is 1. The van der Waals surface area contributed by atoms with Crippen LogP contribution in [-0.2, 0) is 9.59 Å². The summed E-state index contributed by atoms with van der Waals surface area (Å²) in [5.74, 6) is 0.0700. The lowest BCUT2D eigenvalue weighted by Gasteiger charge is -2.37. The standard InChI is InChI=1S/C15H30N4O2/c1-5-6-17-12(20)11-18-7-9-19(10-8-18)14(21)13(16)15(2,3)4/h13H,5-11,16H2,1-4H3,(H,17,20)/t13-/m0/s1. The maximum absolute atomic E-state index is 12.3. The van der Waals surface area contributed by atoms with Crippen LogP contribution in [-0.4, -0.2) is 66.9 Å². The first-order chi connectivity index (χ1) is 9.75. The number of carbonyl (C=O) groups is 2. The summed E-state index contributed by atoms with van der Waals surface area (Å²) in [7, 11) is 0. The van der Waals surface area contributed by atoms with Gasteiger partial charge in [0.05, 0.1) is 12.6 Å². The first kappa shape index (κ1) is 17.9. The highest BCUT2D eigenvalue weighted by atomic mass is 16.2. The van der Waals surface area contributed by atoms with Crippen LogP contribution in [0.3, 0.4) is 0 Å². The van der Waals surface area contributed by atoms with Crippen molar-refractivity contribution in [3.8, 4) is 0 Å². The molecule has 0 aliphatic carbocycles. The minimum absolute atomic E-state index is 0.0117. The van der Waals surface area contributed by atoms with E-state index >= 15 is 0 Å². The van der Waals surface area contributed by atoms with E-state index in [0.717, 1.165) is 26.1 Å². The van der Waals surface area contributed by atoms with Gasteiger partial charge in [-0.3, -0.25) is 14.5 Å². The fraction of sp³-hybridized carbons (Fsp3) is 0.867. The van der Waals surface area contributed by atoms with Gasteiger partial charge in [-0.05, 0) is 11.8 Å². The molecule has 6 nitrogen and oxygen atoms in total. The van der Waals surface area contributed by atoms with Gasteiger partial charge in [-0.25, -0.2) is 0 Å².